The minimum Gasteiger partial charge on any atom is -0.378 e. The van der Waals surface area contributed by atoms with Gasteiger partial charge in [-0.3, -0.25) is 10.1 Å². The van der Waals surface area contributed by atoms with E-state index in [9.17, 15) is 10.1 Å². The maximum Gasteiger partial charge on any atom is 0.289 e. The van der Waals surface area contributed by atoms with Crippen LogP contribution in [0.1, 0.15) is 29.7 Å². The number of aryl methyl sites for hydroxylation is 2. The average Bonchev–Trinajstić information content (AvgIpc) is 2.43. The van der Waals surface area contributed by atoms with Gasteiger partial charge in [-0.25, -0.2) is 0 Å². The molecule has 0 aliphatic carbocycles. The van der Waals surface area contributed by atoms with Gasteiger partial charge in [0.15, 0.2) is 0 Å². The van der Waals surface area contributed by atoms with E-state index in [-0.39, 0.29) is 16.8 Å². The number of hydrogen-bond acceptors (Lipinski definition) is 3. The largest absolute Gasteiger partial charge is 0.378 e. The summed E-state index contributed by atoms with van der Waals surface area (Å²) < 4.78 is 0. The van der Waals surface area contributed by atoms with Gasteiger partial charge in [-0.1, -0.05) is 35.4 Å². The molecule has 2 rings (SSSR count). The highest BCUT2D eigenvalue weighted by molar-refractivity contribution is 6.32. The molecule has 21 heavy (non-hydrogen) atoms. The number of benzene rings is 2. The van der Waals surface area contributed by atoms with Crippen molar-refractivity contribution in [3.05, 3.63) is 68.2 Å². The van der Waals surface area contributed by atoms with Gasteiger partial charge in [0, 0.05) is 17.8 Å². The normalized spacial score (nSPS) is 12.0. The molecule has 0 aromatic heterocycles. The first-order valence-corrected chi connectivity index (χ1v) is 7.04. The molecule has 4 nitrogen and oxygen atoms in total. The SMILES string of the molecule is Cc1ccc(C)c(C(C)Nc2ccc(Cl)c([N+](=O)[O-])c2)c1. The maximum absolute atomic E-state index is 10.9. The standard InChI is InChI=1S/C16H17ClN2O2/c1-10-4-5-11(2)14(8-10)12(3)18-13-6-7-15(17)16(9-13)19(20)21/h4-9,12,18H,1-3H3. The third kappa shape index (κ3) is 3.52. The Hall–Kier alpha value is -2.07. The number of nitrogens with zero attached hydrogens (tertiary/aromatic N) is 1. The highest BCUT2D eigenvalue weighted by Gasteiger charge is 2.15. The van der Waals surface area contributed by atoms with E-state index in [1.807, 2.05) is 13.8 Å². The molecular formula is C16H17ClN2O2. The molecule has 2 aromatic carbocycles. The van der Waals surface area contributed by atoms with Crippen molar-refractivity contribution in [3.8, 4) is 0 Å². The van der Waals surface area contributed by atoms with E-state index in [0.29, 0.717) is 5.69 Å². The molecule has 1 N–H and O–H groups in total. The summed E-state index contributed by atoms with van der Waals surface area (Å²) in [6.07, 6.45) is 0. The summed E-state index contributed by atoms with van der Waals surface area (Å²) in [5, 5.41) is 14.4. The Morgan fingerprint density at radius 2 is 1.90 bits per heavy atom. The molecule has 2 aromatic rings. The van der Waals surface area contributed by atoms with Crippen LogP contribution in [0.25, 0.3) is 0 Å². The first-order valence-electron chi connectivity index (χ1n) is 6.66. The van der Waals surface area contributed by atoms with Crippen molar-refractivity contribution in [2.24, 2.45) is 0 Å². The number of hydrogen-bond donors (Lipinski definition) is 1. The highest BCUT2D eigenvalue weighted by atomic mass is 35.5. The van der Waals surface area contributed by atoms with E-state index in [1.54, 1.807) is 6.07 Å². The minimum atomic E-state index is -0.476. The van der Waals surface area contributed by atoms with Gasteiger partial charge in [0.25, 0.3) is 5.69 Å². The van der Waals surface area contributed by atoms with Crippen molar-refractivity contribution in [3.63, 3.8) is 0 Å². The van der Waals surface area contributed by atoms with Gasteiger partial charge in [-0.15, -0.1) is 0 Å². The van der Waals surface area contributed by atoms with Crippen molar-refractivity contribution in [2.45, 2.75) is 26.8 Å². The molecule has 0 spiro atoms. The van der Waals surface area contributed by atoms with Gasteiger partial charge in [0.05, 0.1) is 4.92 Å². The van der Waals surface area contributed by atoms with Crippen LogP contribution in [0.15, 0.2) is 36.4 Å². The van der Waals surface area contributed by atoms with Crippen LogP contribution in [0.5, 0.6) is 0 Å². The van der Waals surface area contributed by atoms with Crippen LogP contribution in [-0.2, 0) is 0 Å². The van der Waals surface area contributed by atoms with Crippen LogP contribution >= 0.6 is 11.6 Å². The van der Waals surface area contributed by atoms with Crippen LogP contribution in [0, 0.1) is 24.0 Å². The molecule has 110 valence electrons. The van der Waals surface area contributed by atoms with Gasteiger partial charge >= 0.3 is 0 Å². The Bertz CT molecular complexity index is 686. The van der Waals surface area contributed by atoms with Crippen molar-refractivity contribution in [1.29, 1.82) is 0 Å². The predicted octanol–water partition coefficient (Wildman–Crippen LogP) is 5.04. The molecule has 0 fully saturated rings. The van der Waals surface area contributed by atoms with Crippen LogP contribution in [0.3, 0.4) is 0 Å². The molecular weight excluding hydrogens is 288 g/mol. The van der Waals surface area contributed by atoms with Crippen molar-refractivity contribution in [2.75, 3.05) is 5.32 Å². The second-order valence-electron chi connectivity index (χ2n) is 5.15. The molecule has 0 bridgehead atoms. The third-order valence-electron chi connectivity index (χ3n) is 3.43. The zero-order valence-corrected chi connectivity index (χ0v) is 12.9. The molecule has 0 aliphatic heterocycles. The Labute approximate surface area is 128 Å². The highest BCUT2D eigenvalue weighted by Crippen LogP contribution is 2.30. The van der Waals surface area contributed by atoms with Crippen molar-refractivity contribution < 1.29 is 4.92 Å². The van der Waals surface area contributed by atoms with Crippen molar-refractivity contribution in [1.82, 2.24) is 0 Å². The summed E-state index contributed by atoms with van der Waals surface area (Å²) in [6, 6.07) is 11.1. The molecule has 0 saturated heterocycles. The number of nitrogens with one attached hydrogen (secondary N) is 1. The van der Waals surface area contributed by atoms with E-state index in [2.05, 4.69) is 30.4 Å². The number of nitro benzene ring substituents is 1. The fourth-order valence-corrected chi connectivity index (χ4v) is 2.48. The predicted molar refractivity (Wildman–Crippen MR) is 86.1 cm³/mol. The minimum absolute atomic E-state index is 0.0469. The topological polar surface area (TPSA) is 55.2 Å². The molecule has 0 heterocycles. The lowest BCUT2D eigenvalue weighted by atomic mass is 10.00. The summed E-state index contributed by atoms with van der Waals surface area (Å²) in [7, 11) is 0. The van der Waals surface area contributed by atoms with Gasteiger partial charge in [0.1, 0.15) is 5.02 Å². The molecule has 0 aliphatic rings. The Morgan fingerprint density at radius 3 is 2.57 bits per heavy atom. The monoisotopic (exact) mass is 304 g/mol. The fourth-order valence-electron chi connectivity index (χ4n) is 2.30. The third-order valence-corrected chi connectivity index (χ3v) is 3.75. The average molecular weight is 305 g/mol. The lowest BCUT2D eigenvalue weighted by molar-refractivity contribution is -0.384. The van der Waals surface area contributed by atoms with E-state index in [4.69, 9.17) is 11.6 Å². The van der Waals surface area contributed by atoms with E-state index in [0.717, 1.165) is 0 Å². The quantitative estimate of drug-likeness (QED) is 0.636. The second-order valence-corrected chi connectivity index (χ2v) is 5.56. The van der Waals surface area contributed by atoms with Gasteiger partial charge < -0.3 is 5.32 Å². The zero-order valence-electron chi connectivity index (χ0n) is 12.2. The summed E-state index contributed by atoms with van der Waals surface area (Å²) in [5.74, 6) is 0. The number of rotatable bonds is 4. The fraction of sp³-hybridized carbons (Fsp3) is 0.250. The van der Waals surface area contributed by atoms with Gasteiger partial charge in [0.2, 0.25) is 0 Å². The summed E-state index contributed by atoms with van der Waals surface area (Å²) in [5.41, 5.74) is 4.14. The lowest BCUT2D eigenvalue weighted by Crippen LogP contribution is -2.08. The molecule has 0 saturated carbocycles. The Morgan fingerprint density at radius 1 is 1.19 bits per heavy atom. The van der Waals surface area contributed by atoms with E-state index >= 15 is 0 Å². The first kappa shape index (κ1) is 15.3. The maximum atomic E-state index is 10.9. The molecule has 1 atom stereocenters. The molecule has 0 radical (unpaired) electrons. The van der Waals surface area contributed by atoms with Crippen LogP contribution in [0.2, 0.25) is 5.02 Å². The Kier molecular flexibility index (Phi) is 4.48. The van der Waals surface area contributed by atoms with Gasteiger partial charge in [-0.05, 0) is 44.0 Å². The van der Waals surface area contributed by atoms with Crippen molar-refractivity contribution >= 4 is 23.0 Å². The molecule has 0 amide bonds. The molecule has 5 heteroatoms. The van der Waals surface area contributed by atoms with Crippen LogP contribution < -0.4 is 5.32 Å². The van der Waals surface area contributed by atoms with Crippen LogP contribution in [-0.4, -0.2) is 4.92 Å². The van der Waals surface area contributed by atoms with Gasteiger partial charge in [-0.2, -0.15) is 0 Å². The Balaban J connectivity index is 2.27. The smallest absolute Gasteiger partial charge is 0.289 e. The number of nitro groups is 1. The summed E-state index contributed by atoms with van der Waals surface area (Å²) in [6.45, 7) is 6.13. The lowest BCUT2D eigenvalue weighted by Gasteiger charge is -2.18. The first-order chi connectivity index (χ1) is 9.88. The number of anilines is 1. The zero-order chi connectivity index (χ0) is 15.6. The second kappa shape index (κ2) is 6.14. The van der Waals surface area contributed by atoms with E-state index in [1.165, 1.54) is 28.8 Å². The van der Waals surface area contributed by atoms with E-state index < -0.39 is 4.92 Å². The summed E-state index contributed by atoms with van der Waals surface area (Å²) >= 11 is 5.82. The summed E-state index contributed by atoms with van der Waals surface area (Å²) in [4.78, 5) is 10.4. The molecule has 1 unspecified atom stereocenters. The number of halogens is 1. The van der Waals surface area contributed by atoms with Crippen LogP contribution in [0.4, 0.5) is 11.4 Å².